The first kappa shape index (κ1) is 12.6. The van der Waals surface area contributed by atoms with Gasteiger partial charge in [0.1, 0.15) is 0 Å². The van der Waals surface area contributed by atoms with E-state index >= 15 is 0 Å². The first-order chi connectivity index (χ1) is 8.08. The van der Waals surface area contributed by atoms with Crippen LogP contribution in [-0.4, -0.2) is 15.8 Å². The molecule has 96 valence electrons. The fourth-order valence-electron chi connectivity index (χ4n) is 2.27. The minimum absolute atomic E-state index is 0.548. The van der Waals surface area contributed by atoms with Gasteiger partial charge in [-0.1, -0.05) is 27.7 Å². The van der Waals surface area contributed by atoms with Crippen LogP contribution in [0.5, 0.6) is 0 Å². The van der Waals surface area contributed by atoms with Gasteiger partial charge in [-0.25, -0.2) is 0 Å². The molecule has 1 aromatic heterocycles. The lowest BCUT2D eigenvalue weighted by atomic mass is 10.1. The lowest BCUT2D eigenvalue weighted by molar-refractivity contribution is 0.460. The minimum Gasteiger partial charge on any atom is -0.310 e. The molecule has 1 aliphatic rings. The van der Waals surface area contributed by atoms with E-state index in [-0.39, 0.29) is 0 Å². The summed E-state index contributed by atoms with van der Waals surface area (Å²) in [7, 11) is 0. The van der Waals surface area contributed by atoms with E-state index in [1.54, 1.807) is 0 Å². The molecule has 3 nitrogen and oxygen atoms in total. The van der Waals surface area contributed by atoms with E-state index < -0.39 is 0 Å². The number of nitrogens with one attached hydrogen (secondary N) is 1. The van der Waals surface area contributed by atoms with Crippen LogP contribution < -0.4 is 5.32 Å². The second-order valence-electron chi connectivity index (χ2n) is 5.94. The third kappa shape index (κ3) is 3.32. The topological polar surface area (TPSA) is 29.9 Å². The van der Waals surface area contributed by atoms with Gasteiger partial charge in [0.25, 0.3) is 0 Å². The number of aromatic nitrogens is 2. The number of nitrogens with zero attached hydrogens (tertiary/aromatic N) is 2. The Kier molecular flexibility index (Phi) is 3.87. The van der Waals surface area contributed by atoms with Gasteiger partial charge in [-0.05, 0) is 24.7 Å². The van der Waals surface area contributed by atoms with Crippen molar-refractivity contribution in [1.29, 1.82) is 0 Å². The molecular formula is C14H25N3. The Morgan fingerprint density at radius 3 is 2.59 bits per heavy atom. The molecule has 0 aliphatic heterocycles. The molecule has 1 aromatic rings. The largest absolute Gasteiger partial charge is 0.310 e. The van der Waals surface area contributed by atoms with Crippen LogP contribution in [0.15, 0.2) is 6.20 Å². The van der Waals surface area contributed by atoms with Gasteiger partial charge >= 0.3 is 0 Å². The van der Waals surface area contributed by atoms with Crippen molar-refractivity contribution in [2.45, 2.75) is 65.6 Å². The van der Waals surface area contributed by atoms with Crippen molar-refractivity contribution in [3.63, 3.8) is 0 Å². The van der Waals surface area contributed by atoms with E-state index in [1.807, 2.05) is 6.20 Å². The normalized spacial score (nSPS) is 16.1. The zero-order valence-electron chi connectivity index (χ0n) is 11.5. The predicted octanol–water partition coefficient (Wildman–Crippen LogP) is 2.91. The number of rotatable bonds is 6. The first-order valence-corrected chi connectivity index (χ1v) is 6.86. The molecule has 1 aliphatic carbocycles. The molecule has 1 fully saturated rings. The standard InChI is InChI=1S/C14H25N3/c1-10(2)9-17-14(11(3)4)12(8-16-17)7-15-13-5-6-13/h8,10-11,13,15H,5-7,9H2,1-4H3. The molecule has 0 aromatic carbocycles. The summed E-state index contributed by atoms with van der Waals surface area (Å²) in [6.07, 6.45) is 4.74. The van der Waals surface area contributed by atoms with Gasteiger partial charge in [-0.15, -0.1) is 0 Å². The smallest absolute Gasteiger partial charge is 0.0537 e. The van der Waals surface area contributed by atoms with Crippen LogP contribution in [0.4, 0.5) is 0 Å². The Hall–Kier alpha value is -0.830. The quantitative estimate of drug-likeness (QED) is 0.821. The predicted molar refractivity (Wildman–Crippen MR) is 71.0 cm³/mol. The first-order valence-electron chi connectivity index (χ1n) is 6.86. The van der Waals surface area contributed by atoms with E-state index in [4.69, 9.17) is 0 Å². The molecular weight excluding hydrogens is 210 g/mol. The fraction of sp³-hybridized carbons (Fsp3) is 0.786. The van der Waals surface area contributed by atoms with Crippen molar-refractivity contribution in [3.05, 3.63) is 17.5 Å². The average molecular weight is 235 g/mol. The molecule has 0 atom stereocenters. The Morgan fingerprint density at radius 2 is 2.06 bits per heavy atom. The highest BCUT2D eigenvalue weighted by molar-refractivity contribution is 5.21. The van der Waals surface area contributed by atoms with Crippen LogP contribution in [0, 0.1) is 5.92 Å². The Morgan fingerprint density at radius 1 is 1.35 bits per heavy atom. The van der Waals surface area contributed by atoms with E-state index in [0.29, 0.717) is 11.8 Å². The summed E-state index contributed by atoms with van der Waals surface area (Å²) < 4.78 is 2.19. The van der Waals surface area contributed by atoms with Gasteiger partial charge in [0.2, 0.25) is 0 Å². The maximum absolute atomic E-state index is 4.55. The SMILES string of the molecule is CC(C)Cn1ncc(CNC2CC2)c1C(C)C. The third-order valence-electron chi connectivity index (χ3n) is 3.20. The second kappa shape index (κ2) is 5.21. The van der Waals surface area contributed by atoms with Gasteiger partial charge in [0.15, 0.2) is 0 Å². The summed E-state index contributed by atoms with van der Waals surface area (Å²) in [6, 6.07) is 0.767. The number of hydrogen-bond donors (Lipinski definition) is 1. The van der Waals surface area contributed by atoms with Crippen LogP contribution in [0.3, 0.4) is 0 Å². The highest BCUT2D eigenvalue weighted by atomic mass is 15.3. The highest BCUT2D eigenvalue weighted by Crippen LogP contribution is 2.23. The van der Waals surface area contributed by atoms with E-state index in [2.05, 4.69) is 42.8 Å². The summed E-state index contributed by atoms with van der Waals surface area (Å²) in [4.78, 5) is 0. The van der Waals surface area contributed by atoms with Gasteiger partial charge < -0.3 is 5.32 Å². The molecule has 0 saturated heterocycles. The number of hydrogen-bond acceptors (Lipinski definition) is 2. The average Bonchev–Trinajstić information content (AvgIpc) is 2.97. The maximum atomic E-state index is 4.55. The van der Waals surface area contributed by atoms with Crippen molar-refractivity contribution >= 4 is 0 Å². The molecule has 2 rings (SSSR count). The molecule has 0 bridgehead atoms. The maximum Gasteiger partial charge on any atom is 0.0537 e. The van der Waals surface area contributed by atoms with Crippen molar-refractivity contribution in [2.24, 2.45) is 5.92 Å². The summed E-state index contributed by atoms with van der Waals surface area (Å²) in [5, 5.41) is 8.13. The summed E-state index contributed by atoms with van der Waals surface area (Å²) in [5.41, 5.74) is 2.79. The molecule has 0 amide bonds. The second-order valence-corrected chi connectivity index (χ2v) is 5.94. The van der Waals surface area contributed by atoms with Crippen molar-refractivity contribution in [2.75, 3.05) is 0 Å². The van der Waals surface area contributed by atoms with E-state index in [9.17, 15) is 0 Å². The van der Waals surface area contributed by atoms with Crippen LogP contribution >= 0.6 is 0 Å². The Balaban J connectivity index is 2.09. The van der Waals surface area contributed by atoms with E-state index in [1.165, 1.54) is 24.1 Å². The molecule has 17 heavy (non-hydrogen) atoms. The molecule has 0 unspecified atom stereocenters. The minimum atomic E-state index is 0.548. The lowest BCUT2D eigenvalue weighted by Gasteiger charge is -2.14. The van der Waals surface area contributed by atoms with Crippen molar-refractivity contribution < 1.29 is 0 Å². The van der Waals surface area contributed by atoms with Crippen LogP contribution in [-0.2, 0) is 13.1 Å². The van der Waals surface area contributed by atoms with Crippen molar-refractivity contribution in [3.8, 4) is 0 Å². The van der Waals surface area contributed by atoms with Crippen LogP contribution in [0.2, 0.25) is 0 Å². The van der Waals surface area contributed by atoms with Crippen LogP contribution in [0.25, 0.3) is 0 Å². The lowest BCUT2D eigenvalue weighted by Crippen LogP contribution is -2.17. The Bertz CT molecular complexity index is 362. The summed E-state index contributed by atoms with van der Waals surface area (Å²) >= 11 is 0. The van der Waals surface area contributed by atoms with Gasteiger partial charge in [0, 0.05) is 30.4 Å². The fourth-order valence-corrected chi connectivity index (χ4v) is 2.27. The Labute approximate surface area is 105 Å². The monoisotopic (exact) mass is 235 g/mol. The van der Waals surface area contributed by atoms with Gasteiger partial charge in [-0.3, -0.25) is 4.68 Å². The zero-order valence-corrected chi connectivity index (χ0v) is 11.5. The zero-order chi connectivity index (χ0) is 12.4. The molecule has 0 spiro atoms. The third-order valence-corrected chi connectivity index (χ3v) is 3.20. The molecule has 0 radical (unpaired) electrons. The van der Waals surface area contributed by atoms with Crippen LogP contribution in [0.1, 0.15) is 57.7 Å². The summed E-state index contributed by atoms with van der Waals surface area (Å²) in [6.45, 7) is 11.0. The molecule has 1 saturated carbocycles. The molecule has 1 heterocycles. The van der Waals surface area contributed by atoms with Gasteiger partial charge in [0.05, 0.1) is 6.20 Å². The summed E-state index contributed by atoms with van der Waals surface area (Å²) in [5.74, 6) is 1.20. The highest BCUT2D eigenvalue weighted by Gasteiger charge is 2.22. The van der Waals surface area contributed by atoms with Gasteiger partial charge in [-0.2, -0.15) is 5.10 Å². The molecule has 1 N–H and O–H groups in total. The van der Waals surface area contributed by atoms with Crippen molar-refractivity contribution in [1.82, 2.24) is 15.1 Å². The van der Waals surface area contributed by atoms with E-state index in [0.717, 1.165) is 19.1 Å². The molecule has 3 heteroatoms.